The van der Waals surface area contributed by atoms with Gasteiger partial charge in [-0.05, 0) is 0 Å². The quantitative estimate of drug-likeness (QED) is 0.533. The van der Waals surface area contributed by atoms with Crippen molar-refractivity contribution in [2.24, 2.45) is 0 Å². The third-order valence-electron chi connectivity index (χ3n) is 0.947. The number of halogens is 3. The number of hydrazine groups is 1. The zero-order chi connectivity index (χ0) is 10.6. The first-order valence-electron chi connectivity index (χ1n) is 3.09. The standard InChI is InChI=1S/C5H8F3N3O2/c1-11(2)4(13)10-9-3(12)5(6,7)8/h1-2H3,(H,9,12)(H,10,13). The first kappa shape index (κ1) is 11.5. The van der Waals surface area contributed by atoms with E-state index in [1.54, 1.807) is 5.43 Å². The minimum absolute atomic E-state index is 0.849. The molecule has 0 aromatic heterocycles. The summed E-state index contributed by atoms with van der Waals surface area (Å²) >= 11 is 0. The first-order chi connectivity index (χ1) is 5.75. The molecular weight excluding hydrogens is 191 g/mol. The fraction of sp³-hybridized carbons (Fsp3) is 0.600. The normalized spacial score (nSPS) is 10.5. The van der Waals surface area contributed by atoms with Crippen molar-refractivity contribution in [2.45, 2.75) is 6.18 Å². The number of nitrogens with one attached hydrogen (secondary N) is 2. The Kier molecular flexibility index (Phi) is 3.52. The molecule has 0 aliphatic carbocycles. The zero-order valence-corrected chi connectivity index (χ0v) is 6.90. The van der Waals surface area contributed by atoms with Gasteiger partial charge in [-0.2, -0.15) is 13.2 Å². The Morgan fingerprint density at radius 2 is 1.62 bits per heavy atom. The maximum atomic E-state index is 11.5. The maximum Gasteiger partial charge on any atom is 0.472 e. The molecule has 0 saturated carbocycles. The Morgan fingerprint density at radius 3 is 1.92 bits per heavy atom. The van der Waals surface area contributed by atoms with Gasteiger partial charge in [0.05, 0.1) is 0 Å². The van der Waals surface area contributed by atoms with Crippen LogP contribution in [0.2, 0.25) is 0 Å². The van der Waals surface area contributed by atoms with Gasteiger partial charge in [-0.1, -0.05) is 0 Å². The molecule has 0 bridgehead atoms. The van der Waals surface area contributed by atoms with Gasteiger partial charge in [0.2, 0.25) is 0 Å². The van der Waals surface area contributed by atoms with Crippen LogP contribution in [0.3, 0.4) is 0 Å². The summed E-state index contributed by atoms with van der Waals surface area (Å²) in [6.07, 6.45) is -5.00. The van der Waals surface area contributed by atoms with Crippen molar-refractivity contribution in [3.63, 3.8) is 0 Å². The Hall–Kier alpha value is -1.47. The summed E-state index contributed by atoms with van der Waals surface area (Å²) in [5.41, 5.74) is 2.75. The van der Waals surface area contributed by atoms with E-state index in [4.69, 9.17) is 0 Å². The van der Waals surface area contributed by atoms with Gasteiger partial charge < -0.3 is 4.90 Å². The second-order valence-electron chi connectivity index (χ2n) is 2.28. The highest BCUT2D eigenvalue weighted by molar-refractivity contribution is 5.84. The minimum Gasteiger partial charge on any atom is -0.330 e. The third kappa shape index (κ3) is 4.19. The predicted octanol–water partition coefficient (Wildman–Crippen LogP) is -0.149. The molecule has 3 amide bonds. The lowest BCUT2D eigenvalue weighted by Crippen LogP contribution is -2.50. The summed E-state index contributed by atoms with van der Waals surface area (Å²) in [4.78, 5) is 21.7. The average molecular weight is 199 g/mol. The number of nitrogens with zero attached hydrogens (tertiary/aromatic N) is 1. The van der Waals surface area contributed by atoms with Crippen LogP contribution in [0.15, 0.2) is 0 Å². The third-order valence-corrected chi connectivity index (χ3v) is 0.947. The van der Waals surface area contributed by atoms with Gasteiger partial charge in [0.15, 0.2) is 0 Å². The van der Waals surface area contributed by atoms with Gasteiger partial charge in [0.1, 0.15) is 0 Å². The molecule has 0 saturated heterocycles. The Morgan fingerprint density at radius 1 is 1.15 bits per heavy atom. The largest absolute Gasteiger partial charge is 0.472 e. The Balaban J connectivity index is 3.92. The van der Waals surface area contributed by atoms with Crippen LogP contribution >= 0.6 is 0 Å². The average Bonchev–Trinajstić information content (AvgIpc) is 1.97. The minimum atomic E-state index is -5.00. The van der Waals surface area contributed by atoms with Crippen molar-refractivity contribution in [1.29, 1.82) is 0 Å². The van der Waals surface area contributed by atoms with Crippen LogP contribution in [-0.4, -0.2) is 37.1 Å². The monoisotopic (exact) mass is 199 g/mol. The van der Waals surface area contributed by atoms with Crippen LogP contribution in [0.4, 0.5) is 18.0 Å². The van der Waals surface area contributed by atoms with Gasteiger partial charge in [0, 0.05) is 14.1 Å². The first-order valence-corrected chi connectivity index (χ1v) is 3.09. The summed E-state index contributed by atoms with van der Waals surface area (Å²) in [6.45, 7) is 0. The van der Waals surface area contributed by atoms with E-state index in [1.165, 1.54) is 19.5 Å². The number of urea groups is 1. The topological polar surface area (TPSA) is 61.4 Å². The van der Waals surface area contributed by atoms with E-state index in [1.807, 2.05) is 0 Å². The molecule has 8 heteroatoms. The van der Waals surface area contributed by atoms with E-state index in [2.05, 4.69) is 0 Å². The van der Waals surface area contributed by atoms with E-state index in [0.717, 1.165) is 4.90 Å². The molecule has 0 atom stereocenters. The lowest BCUT2D eigenvalue weighted by atomic mass is 10.6. The fourth-order valence-corrected chi connectivity index (χ4v) is 0.293. The highest BCUT2D eigenvalue weighted by Crippen LogP contribution is 2.13. The summed E-state index contributed by atoms with van der Waals surface area (Å²) in [5.74, 6) is -2.22. The van der Waals surface area contributed by atoms with Crippen molar-refractivity contribution in [3.05, 3.63) is 0 Å². The van der Waals surface area contributed by atoms with Crippen LogP contribution in [-0.2, 0) is 4.79 Å². The fourth-order valence-electron chi connectivity index (χ4n) is 0.293. The van der Waals surface area contributed by atoms with Gasteiger partial charge >= 0.3 is 18.1 Å². The zero-order valence-electron chi connectivity index (χ0n) is 6.90. The molecule has 2 N–H and O–H groups in total. The number of hydrogen-bond acceptors (Lipinski definition) is 2. The van der Waals surface area contributed by atoms with Gasteiger partial charge in [-0.25, -0.2) is 10.2 Å². The molecule has 76 valence electrons. The summed E-state index contributed by atoms with van der Waals surface area (Å²) in [5, 5.41) is 0. The van der Waals surface area contributed by atoms with Crippen molar-refractivity contribution in [3.8, 4) is 0 Å². The second kappa shape index (κ2) is 3.97. The molecule has 0 unspecified atom stereocenters. The molecule has 0 aliphatic rings. The highest BCUT2D eigenvalue weighted by atomic mass is 19.4. The highest BCUT2D eigenvalue weighted by Gasteiger charge is 2.38. The van der Waals surface area contributed by atoms with Gasteiger partial charge in [-0.3, -0.25) is 10.2 Å². The van der Waals surface area contributed by atoms with Crippen LogP contribution in [0, 0.1) is 0 Å². The SMILES string of the molecule is CN(C)C(=O)NNC(=O)C(F)(F)F. The molecule has 0 aromatic rings. The van der Waals surface area contributed by atoms with Crippen molar-refractivity contribution in [1.82, 2.24) is 15.8 Å². The Labute approximate surface area is 71.8 Å². The van der Waals surface area contributed by atoms with Crippen molar-refractivity contribution in [2.75, 3.05) is 14.1 Å². The van der Waals surface area contributed by atoms with Crippen molar-refractivity contribution < 1.29 is 22.8 Å². The molecule has 0 aliphatic heterocycles. The smallest absolute Gasteiger partial charge is 0.330 e. The van der Waals surface area contributed by atoms with E-state index >= 15 is 0 Å². The summed E-state index contributed by atoms with van der Waals surface area (Å²) in [7, 11) is 2.63. The number of rotatable bonds is 0. The summed E-state index contributed by atoms with van der Waals surface area (Å²) < 4.78 is 34.6. The molecule has 13 heavy (non-hydrogen) atoms. The van der Waals surface area contributed by atoms with E-state index in [0.29, 0.717) is 0 Å². The van der Waals surface area contributed by atoms with Crippen LogP contribution in [0.1, 0.15) is 0 Å². The molecule has 5 nitrogen and oxygen atoms in total. The molecule has 0 aromatic carbocycles. The molecule has 0 spiro atoms. The molecule has 0 heterocycles. The second-order valence-corrected chi connectivity index (χ2v) is 2.28. The number of alkyl halides is 3. The predicted molar refractivity (Wildman–Crippen MR) is 36.4 cm³/mol. The molecule has 0 fully saturated rings. The number of carbonyl (C=O) groups is 2. The van der Waals surface area contributed by atoms with Crippen molar-refractivity contribution >= 4 is 11.9 Å². The van der Waals surface area contributed by atoms with Crippen LogP contribution < -0.4 is 10.9 Å². The van der Waals surface area contributed by atoms with Crippen LogP contribution in [0.5, 0.6) is 0 Å². The maximum absolute atomic E-state index is 11.5. The molecule has 0 rings (SSSR count). The summed E-state index contributed by atoms with van der Waals surface area (Å²) in [6, 6.07) is -0.849. The lowest BCUT2D eigenvalue weighted by molar-refractivity contribution is -0.174. The van der Waals surface area contributed by atoms with E-state index in [-0.39, 0.29) is 0 Å². The number of hydrogen-bond donors (Lipinski definition) is 2. The lowest BCUT2D eigenvalue weighted by Gasteiger charge is -2.13. The van der Waals surface area contributed by atoms with Gasteiger partial charge in [-0.15, -0.1) is 0 Å². The number of carbonyl (C=O) groups excluding carboxylic acids is 2. The van der Waals surface area contributed by atoms with Gasteiger partial charge in [0.25, 0.3) is 0 Å². The molecular formula is C5H8F3N3O2. The Bertz CT molecular complexity index is 214. The van der Waals surface area contributed by atoms with E-state index in [9.17, 15) is 22.8 Å². The molecule has 0 radical (unpaired) electrons. The van der Waals surface area contributed by atoms with E-state index < -0.39 is 18.1 Å². The van der Waals surface area contributed by atoms with Crippen LogP contribution in [0.25, 0.3) is 0 Å². The number of amides is 3.